The van der Waals surface area contributed by atoms with E-state index in [0.717, 1.165) is 24.5 Å². The molecule has 0 amide bonds. The van der Waals surface area contributed by atoms with Gasteiger partial charge in [0.1, 0.15) is 12.4 Å². The number of nitrogens with one attached hydrogen (secondary N) is 1. The molecule has 19 heavy (non-hydrogen) atoms. The van der Waals surface area contributed by atoms with Crippen LogP contribution < -0.4 is 10.1 Å². The fourth-order valence-electron chi connectivity index (χ4n) is 1.98. The van der Waals surface area contributed by atoms with Gasteiger partial charge in [0.15, 0.2) is 0 Å². The normalized spacial score (nSPS) is 10.4. The number of nitrogens with zero attached hydrogens (tertiary/aromatic N) is 1. The minimum atomic E-state index is 0.662. The highest BCUT2D eigenvalue weighted by atomic mass is 16.5. The second kappa shape index (κ2) is 6.90. The van der Waals surface area contributed by atoms with Crippen LogP contribution in [0.3, 0.4) is 0 Å². The zero-order valence-electron chi connectivity index (χ0n) is 11.5. The second-order valence-electron chi connectivity index (χ2n) is 4.67. The first-order chi connectivity index (χ1) is 9.24. The van der Waals surface area contributed by atoms with Gasteiger partial charge >= 0.3 is 0 Å². The van der Waals surface area contributed by atoms with Crippen molar-refractivity contribution in [2.45, 2.75) is 20.4 Å². The number of pyridine rings is 1. The molecule has 0 aliphatic carbocycles. The molecule has 0 bridgehead atoms. The first kappa shape index (κ1) is 13.6. The van der Waals surface area contributed by atoms with Crippen LogP contribution in [-0.4, -0.2) is 18.1 Å². The molecule has 0 aliphatic rings. The van der Waals surface area contributed by atoms with Crippen LogP contribution in [0.4, 0.5) is 0 Å². The van der Waals surface area contributed by atoms with Crippen LogP contribution in [0.5, 0.6) is 5.75 Å². The molecule has 100 valence electrons. The summed E-state index contributed by atoms with van der Waals surface area (Å²) in [5.74, 6) is 0.942. The minimum Gasteiger partial charge on any atom is -0.492 e. The molecular weight excluding hydrogens is 236 g/mol. The predicted molar refractivity (Wildman–Crippen MR) is 77.4 cm³/mol. The van der Waals surface area contributed by atoms with Crippen molar-refractivity contribution >= 4 is 0 Å². The van der Waals surface area contributed by atoms with Gasteiger partial charge in [-0.05, 0) is 49.2 Å². The Hall–Kier alpha value is -1.87. The summed E-state index contributed by atoms with van der Waals surface area (Å²) in [6.45, 7) is 6.41. The Morgan fingerprint density at radius 1 is 1.11 bits per heavy atom. The number of benzene rings is 1. The van der Waals surface area contributed by atoms with E-state index in [4.69, 9.17) is 4.74 Å². The number of aromatic nitrogens is 1. The Kier molecular flexibility index (Phi) is 4.93. The van der Waals surface area contributed by atoms with Crippen LogP contribution in [0.2, 0.25) is 0 Å². The summed E-state index contributed by atoms with van der Waals surface area (Å²) in [7, 11) is 0. The monoisotopic (exact) mass is 256 g/mol. The fraction of sp³-hybridized carbons (Fsp3) is 0.312. The lowest BCUT2D eigenvalue weighted by molar-refractivity contribution is 0.313. The largest absolute Gasteiger partial charge is 0.492 e. The molecule has 3 heteroatoms. The molecule has 0 atom stereocenters. The Labute approximate surface area is 114 Å². The van der Waals surface area contributed by atoms with E-state index in [1.54, 1.807) is 0 Å². The number of hydrogen-bond donors (Lipinski definition) is 1. The fourth-order valence-corrected chi connectivity index (χ4v) is 1.98. The smallest absolute Gasteiger partial charge is 0.119 e. The third kappa shape index (κ3) is 4.72. The van der Waals surface area contributed by atoms with E-state index in [9.17, 15) is 0 Å². The Balaban J connectivity index is 1.69. The van der Waals surface area contributed by atoms with Crippen molar-refractivity contribution in [3.63, 3.8) is 0 Å². The van der Waals surface area contributed by atoms with Crippen LogP contribution in [0, 0.1) is 13.8 Å². The molecule has 1 aromatic heterocycles. The molecule has 0 radical (unpaired) electrons. The molecule has 0 saturated heterocycles. The lowest BCUT2D eigenvalue weighted by atomic mass is 10.1. The Morgan fingerprint density at radius 3 is 2.58 bits per heavy atom. The third-order valence-corrected chi connectivity index (χ3v) is 2.78. The van der Waals surface area contributed by atoms with Gasteiger partial charge < -0.3 is 10.1 Å². The Bertz CT molecular complexity index is 491. The molecule has 2 rings (SSSR count). The molecule has 1 heterocycles. The zero-order valence-corrected chi connectivity index (χ0v) is 11.5. The average Bonchev–Trinajstić information content (AvgIpc) is 2.38. The number of hydrogen-bond acceptors (Lipinski definition) is 3. The number of ether oxygens (including phenoxy) is 1. The van der Waals surface area contributed by atoms with Gasteiger partial charge in [0.25, 0.3) is 0 Å². The molecule has 2 aromatic rings. The summed E-state index contributed by atoms with van der Waals surface area (Å²) in [5.41, 5.74) is 3.52. The van der Waals surface area contributed by atoms with Gasteiger partial charge in [0.05, 0.1) is 5.69 Å². The zero-order chi connectivity index (χ0) is 13.5. The van der Waals surface area contributed by atoms with Crippen molar-refractivity contribution in [3.8, 4) is 5.75 Å². The van der Waals surface area contributed by atoms with Gasteiger partial charge in [-0.15, -0.1) is 0 Å². The van der Waals surface area contributed by atoms with Gasteiger partial charge in [-0.3, -0.25) is 4.98 Å². The average molecular weight is 256 g/mol. The minimum absolute atomic E-state index is 0.662. The topological polar surface area (TPSA) is 34.1 Å². The van der Waals surface area contributed by atoms with Crippen molar-refractivity contribution in [3.05, 3.63) is 59.4 Å². The summed E-state index contributed by atoms with van der Waals surface area (Å²) in [6.07, 6.45) is 1.81. The van der Waals surface area contributed by atoms with Gasteiger partial charge in [0.2, 0.25) is 0 Å². The second-order valence-corrected chi connectivity index (χ2v) is 4.67. The van der Waals surface area contributed by atoms with E-state index >= 15 is 0 Å². The summed E-state index contributed by atoms with van der Waals surface area (Å²) in [4.78, 5) is 4.25. The highest BCUT2D eigenvalue weighted by Crippen LogP contribution is 2.15. The molecular formula is C16H20N2O. The van der Waals surface area contributed by atoms with E-state index in [2.05, 4.69) is 42.3 Å². The van der Waals surface area contributed by atoms with Crippen molar-refractivity contribution < 1.29 is 4.74 Å². The lowest BCUT2D eigenvalue weighted by Crippen LogP contribution is -2.21. The maximum absolute atomic E-state index is 5.72. The van der Waals surface area contributed by atoms with E-state index in [1.165, 1.54) is 11.1 Å². The molecule has 0 unspecified atom stereocenters. The van der Waals surface area contributed by atoms with Crippen LogP contribution in [0.15, 0.2) is 42.6 Å². The molecule has 0 spiro atoms. The summed E-state index contributed by atoms with van der Waals surface area (Å²) >= 11 is 0. The van der Waals surface area contributed by atoms with E-state index in [0.29, 0.717) is 6.61 Å². The standard InChI is InChI=1S/C16H20N2O/c1-13-9-14(2)11-16(10-13)19-8-7-17-12-15-5-3-4-6-18-15/h3-6,9-11,17H,7-8,12H2,1-2H3. The lowest BCUT2D eigenvalue weighted by Gasteiger charge is -2.09. The first-order valence-corrected chi connectivity index (χ1v) is 6.56. The molecule has 0 saturated carbocycles. The highest BCUT2D eigenvalue weighted by molar-refractivity contribution is 5.32. The maximum Gasteiger partial charge on any atom is 0.119 e. The quantitative estimate of drug-likeness (QED) is 0.807. The summed E-state index contributed by atoms with van der Waals surface area (Å²) in [6, 6.07) is 12.2. The van der Waals surface area contributed by atoms with Crippen molar-refractivity contribution in [1.29, 1.82) is 0 Å². The van der Waals surface area contributed by atoms with E-state index in [-0.39, 0.29) is 0 Å². The van der Waals surface area contributed by atoms with Gasteiger partial charge in [-0.2, -0.15) is 0 Å². The molecule has 1 aromatic carbocycles. The molecule has 3 nitrogen and oxygen atoms in total. The number of rotatable bonds is 6. The van der Waals surface area contributed by atoms with E-state index in [1.807, 2.05) is 24.4 Å². The molecule has 1 N–H and O–H groups in total. The van der Waals surface area contributed by atoms with Crippen LogP contribution in [0.25, 0.3) is 0 Å². The van der Waals surface area contributed by atoms with Gasteiger partial charge in [0, 0.05) is 19.3 Å². The van der Waals surface area contributed by atoms with Crippen molar-refractivity contribution in [2.75, 3.05) is 13.2 Å². The van der Waals surface area contributed by atoms with Gasteiger partial charge in [-0.1, -0.05) is 12.1 Å². The van der Waals surface area contributed by atoms with Crippen molar-refractivity contribution in [2.24, 2.45) is 0 Å². The summed E-state index contributed by atoms with van der Waals surface area (Å²) < 4.78 is 5.72. The molecule has 0 fully saturated rings. The highest BCUT2D eigenvalue weighted by Gasteiger charge is 1.97. The number of aryl methyl sites for hydroxylation is 2. The predicted octanol–water partition coefficient (Wildman–Crippen LogP) is 2.87. The SMILES string of the molecule is Cc1cc(C)cc(OCCNCc2ccccn2)c1. The van der Waals surface area contributed by atoms with Crippen LogP contribution >= 0.6 is 0 Å². The molecule has 0 aliphatic heterocycles. The van der Waals surface area contributed by atoms with Crippen LogP contribution in [-0.2, 0) is 6.54 Å². The van der Waals surface area contributed by atoms with Crippen molar-refractivity contribution in [1.82, 2.24) is 10.3 Å². The third-order valence-electron chi connectivity index (χ3n) is 2.78. The van der Waals surface area contributed by atoms with E-state index < -0.39 is 0 Å². The maximum atomic E-state index is 5.72. The Morgan fingerprint density at radius 2 is 1.89 bits per heavy atom. The van der Waals surface area contributed by atoms with Gasteiger partial charge in [-0.25, -0.2) is 0 Å². The van der Waals surface area contributed by atoms with Crippen LogP contribution in [0.1, 0.15) is 16.8 Å². The first-order valence-electron chi connectivity index (χ1n) is 6.56. The summed E-state index contributed by atoms with van der Waals surface area (Å²) in [5, 5.41) is 3.31.